The normalized spacial score (nSPS) is 13.4. The Hall–Kier alpha value is -2.34. The van der Waals surface area contributed by atoms with Crippen LogP contribution in [0.2, 0.25) is 0 Å². The van der Waals surface area contributed by atoms with Gasteiger partial charge in [-0.15, -0.1) is 0 Å². The summed E-state index contributed by atoms with van der Waals surface area (Å²) >= 11 is 0. The summed E-state index contributed by atoms with van der Waals surface area (Å²) in [5.74, 6) is 0.683. The zero-order chi connectivity index (χ0) is 13.9. The Morgan fingerprint density at radius 1 is 1.20 bits per heavy atom. The molecular weight excluding hydrogens is 246 g/mol. The minimum Gasteiger partial charge on any atom is -0.339 e. The third kappa shape index (κ3) is 2.37. The SMILES string of the molecule is Cc1ccccc1Nc1nc2c(cc1C#N)CCCC2. The van der Waals surface area contributed by atoms with E-state index in [9.17, 15) is 5.26 Å². The maximum atomic E-state index is 9.34. The molecule has 1 heterocycles. The molecule has 3 heteroatoms. The average molecular weight is 263 g/mol. The smallest absolute Gasteiger partial charge is 0.148 e. The first-order valence-electron chi connectivity index (χ1n) is 7.03. The van der Waals surface area contributed by atoms with E-state index in [0.717, 1.165) is 29.8 Å². The highest BCUT2D eigenvalue weighted by atomic mass is 15.0. The molecule has 1 aromatic heterocycles. The van der Waals surface area contributed by atoms with E-state index >= 15 is 0 Å². The lowest BCUT2D eigenvalue weighted by molar-refractivity contribution is 0.668. The average Bonchev–Trinajstić information content (AvgIpc) is 2.49. The number of nitrogens with one attached hydrogen (secondary N) is 1. The molecule has 0 fully saturated rings. The van der Waals surface area contributed by atoms with Gasteiger partial charge in [-0.3, -0.25) is 0 Å². The third-order valence-corrected chi connectivity index (χ3v) is 3.82. The van der Waals surface area contributed by atoms with Crippen LogP contribution in [0.5, 0.6) is 0 Å². The summed E-state index contributed by atoms with van der Waals surface area (Å²) in [5.41, 5.74) is 5.17. The Morgan fingerprint density at radius 2 is 2.00 bits per heavy atom. The second kappa shape index (κ2) is 5.34. The van der Waals surface area contributed by atoms with Crippen molar-refractivity contribution in [1.82, 2.24) is 4.98 Å². The number of benzene rings is 1. The van der Waals surface area contributed by atoms with Crippen LogP contribution in [0.1, 0.15) is 35.2 Å². The predicted octanol–water partition coefficient (Wildman–Crippen LogP) is 3.88. The molecule has 1 N–H and O–H groups in total. The molecule has 0 saturated heterocycles. The molecule has 2 aromatic rings. The van der Waals surface area contributed by atoms with Gasteiger partial charge in [-0.05, 0) is 55.9 Å². The summed E-state index contributed by atoms with van der Waals surface area (Å²) in [6, 6.07) is 12.3. The van der Waals surface area contributed by atoms with Crippen molar-refractivity contribution in [2.24, 2.45) is 0 Å². The molecular formula is C17H17N3. The fraction of sp³-hybridized carbons (Fsp3) is 0.294. The molecule has 100 valence electrons. The van der Waals surface area contributed by atoms with Crippen LogP contribution in [0.3, 0.4) is 0 Å². The largest absolute Gasteiger partial charge is 0.339 e. The molecule has 0 spiro atoms. The van der Waals surface area contributed by atoms with Crippen molar-refractivity contribution >= 4 is 11.5 Å². The van der Waals surface area contributed by atoms with Gasteiger partial charge in [0.15, 0.2) is 0 Å². The first-order chi connectivity index (χ1) is 9.78. The van der Waals surface area contributed by atoms with Gasteiger partial charge < -0.3 is 5.32 Å². The van der Waals surface area contributed by atoms with Crippen LogP contribution in [0.25, 0.3) is 0 Å². The van der Waals surface area contributed by atoms with Gasteiger partial charge in [-0.2, -0.15) is 5.26 Å². The fourth-order valence-corrected chi connectivity index (χ4v) is 2.65. The molecule has 0 aliphatic heterocycles. The van der Waals surface area contributed by atoms with E-state index in [0.29, 0.717) is 11.4 Å². The maximum absolute atomic E-state index is 9.34. The van der Waals surface area contributed by atoms with Crippen LogP contribution in [0, 0.1) is 18.3 Å². The topological polar surface area (TPSA) is 48.7 Å². The van der Waals surface area contributed by atoms with Crippen LogP contribution in [-0.4, -0.2) is 4.98 Å². The first-order valence-corrected chi connectivity index (χ1v) is 7.03. The van der Waals surface area contributed by atoms with Crippen molar-refractivity contribution in [3.63, 3.8) is 0 Å². The van der Waals surface area contributed by atoms with Gasteiger partial charge >= 0.3 is 0 Å². The lowest BCUT2D eigenvalue weighted by Gasteiger charge is -2.18. The number of fused-ring (bicyclic) bond motifs is 1. The second-order valence-corrected chi connectivity index (χ2v) is 5.25. The fourth-order valence-electron chi connectivity index (χ4n) is 2.65. The van der Waals surface area contributed by atoms with Gasteiger partial charge in [-0.1, -0.05) is 18.2 Å². The Kier molecular flexibility index (Phi) is 3.39. The highest BCUT2D eigenvalue weighted by Crippen LogP contribution is 2.27. The monoisotopic (exact) mass is 263 g/mol. The minimum atomic E-state index is 0.633. The van der Waals surface area contributed by atoms with Crippen molar-refractivity contribution < 1.29 is 0 Å². The Labute approximate surface area is 119 Å². The summed E-state index contributed by atoms with van der Waals surface area (Å²) in [6.07, 6.45) is 4.45. The summed E-state index contributed by atoms with van der Waals surface area (Å²) in [6.45, 7) is 2.05. The molecule has 1 aliphatic carbocycles. The third-order valence-electron chi connectivity index (χ3n) is 3.82. The molecule has 0 atom stereocenters. The number of hydrogen-bond donors (Lipinski definition) is 1. The molecule has 20 heavy (non-hydrogen) atoms. The van der Waals surface area contributed by atoms with Gasteiger partial charge in [0.1, 0.15) is 11.9 Å². The molecule has 0 saturated carbocycles. The summed E-state index contributed by atoms with van der Waals surface area (Å²) in [5, 5.41) is 12.6. The Bertz CT molecular complexity index is 683. The van der Waals surface area contributed by atoms with Gasteiger partial charge in [0.2, 0.25) is 0 Å². The lowest BCUT2D eigenvalue weighted by Crippen LogP contribution is -2.09. The summed E-state index contributed by atoms with van der Waals surface area (Å²) < 4.78 is 0. The molecule has 3 nitrogen and oxygen atoms in total. The standard InChI is InChI=1S/C17H17N3/c1-12-6-2-4-8-15(12)19-17-14(11-18)10-13-7-3-5-9-16(13)20-17/h2,4,6,8,10H,3,5,7,9H2,1H3,(H,19,20). The van der Waals surface area contributed by atoms with Crippen molar-refractivity contribution in [3.05, 3.63) is 52.7 Å². The zero-order valence-electron chi connectivity index (χ0n) is 11.6. The Morgan fingerprint density at radius 3 is 2.80 bits per heavy atom. The summed E-state index contributed by atoms with van der Waals surface area (Å²) in [4.78, 5) is 4.69. The van der Waals surface area contributed by atoms with Crippen LogP contribution in [-0.2, 0) is 12.8 Å². The second-order valence-electron chi connectivity index (χ2n) is 5.25. The lowest BCUT2D eigenvalue weighted by atomic mass is 9.95. The van der Waals surface area contributed by atoms with Crippen LogP contribution in [0.15, 0.2) is 30.3 Å². The minimum absolute atomic E-state index is 0.633. The first kappa shape index (κ1) is 12.7. The number of aryl methyl sites for hydroxylation is 3. The Balaban J connectivity index is 2.01. The zero-order valence-corrected chi connectivity index (χ0v) is 11.6. The number of para-hydroxylation sites is 1. The van der Waals surface area contributed by atoms with Gasteiger partial charge in [0, 0.05) is 11.4 Å². The highest BCUT2D eigenvalue weighted by molar-refractivity contribution is 5.66. The van der Waals surface area contributed by atoms with E-state index in [1.807, 2.05) is 37.3 Å². The molecule has 3 rings (SSSR count). The molecule has 0 bridgehead atoms. The number of nitrogens with zero attached hydrogens (tertiary/aromatic N) is 2. The van der Waals surface area contributed by atoms with E-state index in [4.69, 9.17) is 0 Å². The number of rotatable bonds is 2. The highest BCUT2D eigenvalue weighted by Gasteiger charge is 2.15. The van der Waals surface area contributed by atoms with Gasteiger partial charge in [0.05, 0.1) is 5.56 Å². The summed E-state index contributed by atoms with van der Waals surface area (Å²) in [7, 11) is 0. The van der Waals surface area contributed by atoms with E-state index in [1.54, 1.807) is 0 Å². The van der Waals surface area contributed by atoms with E-state index < -0.39 is 0 Å². The number of nitriles is 1. The molecule has 0 radical (unpaired) electrons. The van der Waals surface area contributed by atoms with E-state index in [1.165, 1.54) is 18.4 Å². The van der Waals surface area contributed by atoms with E-state index in [-0.39, 0.29) is 0 Å². The van der Waals surface area contributed by atoms with Crippen LogP contribution < -0.4 is 5.32 Å². The van der Waals surface area contributed by atoms with Crippen molar-refractivity contribution in [2.45, 2.75) is 32.6 Å². The number of hydrogen-bond acceptors (Lipinski definition) is 3. The van der Waals surface area contributed by atoms with Crippen molar-refractivity contribution in [2.75, 3.05) is 5.32 Å². The number of anilines is 2. The number of pyridine rings is 1. The quantitative estimate of drug-likeness (QED) is 0.894. The molecule has 1 aliphatic rings. The van der Waals surface area contributed by atoms with Crippen molar-refractivity contribution in [1.29, 1.82) is 5.26 Å². The van der Waals surface area contributed by atoms with Gasteiger partial charge in [0.25, 0.3) is 0 Å². The van der Waals surface area contributed by atoms with Crippen LogP contribution >= 0.6 is 0 Å². The molecule has 0 unspecified atom stereocenters. The van der Waals surface area contributed by atoms with Crippen molar-refractivity contribution in [3.8, 4) is 6.07 Å². The molecule has 1 aromatic carbocycles. The van der Waals surface area contributed by atoms with Gasteiger partial charge in [-0.25, -0.2) is 4.98 Å². The molecule has 0 amide bonds. The maximum Gasteiger partial charge on any atom is 0.148 e. The number of aromatic nitrogens is 1. The predicted molar refractivity (Wildman–Crippen MR) is 80.1 cm³/mol. The van der Waals surface area contributed by atoms with E-state index in [2.05, 4.69) is 16.4 Å². The van der Waals surface area contributed by atoms with Crippen LogP contribution in [0.4, 0.5) is 11.5 Å².